The molecule has 32 heavy (non-hydrogen) atoms. The van der Waals surface area contributed by atoms with Crippen molar-refractivity contribution < 1.29 is 24.9 Å². The maximum Gasteiger partial charge on any atom is 0.331 e. The molecule has 0 aromatic rings. The summed E-state index contributed by atoms with van der Waals surface area (Å²) >= 11 is 0. The molecule has 4 saturated carbocycles. The highest BCUT2D eigenvalue weighted by molar-refractivity contribution is 5.85. The van der Waals surface area contributed by atoms with E-state index in [1.807, 2.05) is 6.21 Å². The van der Waals surface area contributed by atoms with Gasteiger partial charge in [0.25, 0.3) is 0 Å². The Labute approximate surface area is 189 Å². The third kappa shape index (κ3) is 2.82. The minimum Gasteiger partial charge on any atom is -0.458 e. The number of aliphatic imine (C=N–C) groups is 1. The van der Waals surface area contributed by atoms with Crippen LogP contribution in [0.25, 0.3) is 0 Å². The highest BCUT2D eigenvalue weighted by atomic mass is 16.5. The molecule has 8 atom stereocenters. The molecule has 7 heteroatoms. The van der Waals surface area contributed by atoms with Crippen LogP contribution in [-0.2, 0) is 9.53 Å². The van der Waals surface area contributed by atoms with E-state index in [0.29, 0.717) is 45.1 Å². The van der Waals surface area contributed by atoms with Gasteiger partial charge in [-0.1, -0.05) is 6.92 Å². The molecule has 4 aliphatic carbocycles. The first kappa shape index (κ1) is 22.1. The lowest BCUT2D eigenvalue weighted by atomic mass is 9.41. The van der Waals surface area contributed by atoms with E-state index < -0.39 is 22.7 Å². The van der Waals surface area contributed by atoms with Crippen molar-refractivity contribution in [1.82, 2.24) is 0 Å². The second-order valence-electron chi connectivity index (χ2n) is 11.1. The minimum absolute atomic E-state index is 0.00827. The van der Waals surface area contributed by atoms with Gasteiger partial charge < -0.3 is 20.1 Å². The second kappa shape index (κ2) is 7.38. The van der Waals surface area contributed by atoms with Crippen LogP contribution in [0, 0.1) is 39.9 Å². The molecule has 5 rings (SSSR count). The first-order valence-electron chi connectivity index (χ1n) is 12.1. The minimum atomic E-state index is -1.07. The van der Waals surface area contributed by atoms with Gasteiger partial charge in [0.2, 0.25) is 0 Å². The molecule has 7 nitrogen and oxygen atoms in total. The molecule has 0 bridgehead atoms. The Balaban J connectivity index is 1.53. The maximum atomic E-state index is 12.3. The number of nitriles is 1. The number of esters is 1. The van der Waals surface area contributed by atoms with E-state index in [9.17, 15) is 20.1 Å². The Kier molecular flexibility index (Phi) is 5.09. The van der Waals surface area contributed by atoms with Crippen LogP contribution < -0.4 is 0 Å². The van der Waals surface area contributed by atoms with E-state index in [1.54, 1.807) is 6.08 Å². The van der Waals surface area contributed by atoms with Crippen LogP contribution in [0.4, 0.5) is 0 Å². The first-order chi connectivity index (χ1) is 15.2. The maximum absolute atomic E-state index is 12.3. The summed E-state index contributed by atoms with van der Waals surface area (Å²) in [6.45, 7) is 2.54. The van der Waals surface area contributed by atoms with Crippen molar-refractivity contribution in [2.75, 3.05) is 13.2 Å². The number of carbonyl (C=O) groups is 1. The number of carbonyl (C=O) groups excluding carboxylic acids is 1. The van der Waals surface area contributed by atoms with E-state index in [1.165, 1.54) is 0 Å². The van der Waals surface area contributed by atoms with Crippen molar-refractivity contribution in [3.63, 3.8) is 0 Å². The lowest BCUT2D eigenvalue weighted by molar-refractivity contribution is -0.237. The van der Waals surface area contributed by atoms with Crippen LogP contribution in [0.2, 0.25) is 0 Å². The van der Waals surface area contributed by atoms with Crippen molar-refractivity contribution >= 4 is 12.2 Å². The smallest absolute Gasteiger partial charge is 0.331 e. The van der Waals surface area contributed by atoms with Crippen LogP contribution in [0.3, 0.4) is 0 Å². The van der Waals surface area contributed by atoms with Gasteiger partial charge in [0.15, 0.2) is 0 Å². The van der Waals surface area contributed by atoms with Gasteiger partial charge in [0, 0.05) is 29.5 Å². The summed E-state index contributed by atoms with van der Waals surface area (Å²) in [6.07, 6.45) is 8.80. The summed E-state index contributed by atoms with van der Waals surface area (Å²) < 4.78 is 5.19. The van der Waals surface area contributed by atoms with Crippen molar-refractivity contribution in [3.8, 4) is 6.07 Å². The SMILES string of the molecule is C[C@]12CC[C@H]3[C@H](CC[C@]4(O)C[C@@H](O)CC[C@]34C=NCC#N)[C@]1(O)CC[C@H]2C1=CC(=O)OC1. The third-order valence-corrected chi connectivity index (χ3v) is 10.1. The molecular weight excluding hydrogens is 408 g/mol. The fraction of sp³-hybridized carbons (Fsp3) is 0.800. The van der Waals surface area contributed by atoms with Crippen LogP contribution in [0.15, 0.2) is 16.6 Å². The molecule has 0 spiro atoms. The quantitative estimate of drug-likeness (QED) is 0.350. The lowest BCUT2D eigenvalue weighted by Gasteiger charge is -2.65. The lowest BCUT2D eigenvalue weighted by Crippen LogP contribution is -2.68. The molecule has 0 aromatic carbocycles. The number of hydrogen-bond donors (Lipinski definition) is 3. The van der Waals surface area contributed by atoms with E-state index in [4.69, 9.17) is 10.00 Å². The first-order valence-corrected chi connectivity index (χ1v) is 12.1. The summed E-state index contributed by atoms with van der Waals surface area (Å²) in [7, 11) is 0. The van der Waals surface area contributed by atoms with E-state index in [2.05, 4.69) is 18.0 Å². The van der Waals surface area contributed by atoms with Crippen LogP contribution in [0.1, 0.15) is 64.7 Å². The van der Waals surface area contributed by atoms with E-state index >= 15 is 0 Å². The van der Waals surface area contributed by atoms with Gasteiger partial charge in [-0.3, -0.25) is 4.99 Å². The number of nitrogens with zero attached hydrogens (tertiary/aromatic N) is 2. The highest BCUT2D eigenvalue weighted by Crippen LogP contribution is 2.70. The zero-order valence-corrected chi connectivity index (χ0v) is 18.8. The summed E-state index contributed by atoms with van der Waals surface area (Å²) in [5.74, 6) is -0.113. The molecule has 4 fully saturated rings. The number of cyclic esters (lactones) is 1. The molecule has 1 aliphatic heterocycles. The van der Waals surface area contributed by atoms with Gasteiger partial charge >= 0.3 is 5.97 Å². The number of rotatable bonds is 3. The van der Waals surface area contributed by atoms with Gasteiger partial charge in [-0.15, -0.1) is 0 Å². The fourth-order valence-electron chi connectivity index (χ4n) is 8.61. The molecule has 0 unspecified atom stereocenters. The number of aliphatic hydroxyl groups is 3. The Morgan fingerprint density at radius 3 is 2.69 bits per heavy atom. The average Bonchev–Trinajstić information content (AvgIpc) is 3.28. The van der Waals surface area contributed by atoms with Gasteiger partial charge in [-0.05, 0) is 74.7 Å². The summed E-state index contributed by atoms with van der Waals surface area (Å²) in [4.78, 5) is 16.1. The Morgan fingerprint density at radius 2 is 1.97 bits per heavy atom. The molecule has 0 amide bonds. The molecule has 3 N–H and O–H groups in total. The van der Waals surface area contributed by atoms with Gasteiger partial charge in [0.05, 0.1) is 23.4 Å². The Morgan fingerprint density at radius 1 is 1.19 bits per heavy atom. The monoisotopic (exact) mass is 442 g/mol. The predicted molar refractivity (Wildman–Crippen MR) is 116 cm³/mol. The molecular formula is C25H34N2O5. The normalized spacial score (nSPS) is 50.2. The second-order valence-corrected chi connectivity index (χ2v) is 11.1. The van der Waals surface area contributed by atoms with Crippen molar-refractivity contribution in [2.24, 2.45) is 33.6 Å². The van der Waals surface area contributed by atoms with Crippen molar-refractivity contribution in [1.29, 1.82) is 5.26 Å². The third-order valence-electron chi connectivity index (χ3n) is 10.1. The Hall–Kier alpha value is -1.75. The van der Waals surface area contributed by atoms with Crippen LogP contribution in [-0.4, -0.2) is 58.0 Å². The van der Waals surface area contributed by atoms with Crippen LogP contribution in [0.5, 0.6) is 0 Å². The number of ether oxygens (including phenoxy) is 1. The molecule has 5 aliphatic rings. The van der Waals surface area contributed by atoms with Crippen LogP contribution >= 0.6 is 0 Å². The highest BCUT2D eigenvalue weighted by Gasteiger charge is 2.71. The molecule has 174 valence electrons. The molecule has 0 saturated heterocycles. The predicted octanol–water partition coefficient (Wildman–Crippen LogP) is 2.29. The summed E-state index contributed by atoms with van der Waals surface area (Å²) in [5, 5.41) is 43.5. The zero-order valence-electron chi connectivity index (χ0n) is 18.8. The molecule has 0 radical (unpaired) electrons. The standard InChI is InChI=1S/C25H34N2O5/c1-22-6-3-19-20(25(22,31)9-5-18(22)16-12-21(29)32-14-16)4-8-24(30)13-17(28)2-7-23(19,24)15-27-11-10-26/h12,15,17-20,28,30-31H,2-9,11,13-14H2,1H3/t17-,18-,19-,20-,22+,23-,24-,25+/m0/s1. The van der Waals surface area contributed by atoms with Gasteiger partial charge in [0.1, 0.15) is 13.2 Å². The topological polar surface area (TPSA) is 123 Å². The van der Waals surface area contributed by atoms with E-state index in [0.717, 1.165) is 24.8 Å². The summed E-state index contributed by atoms with van der Waals surface area (Å²) in [5.41, 5.74) is -1.93. The molecule has 0 aromatic heterocycles. The number of aliphatic hydroxyl groups excluding tert-OH is 1. The number of fused-ring (bicyclic) bond motifs is 5. The van der Waals surface area contributed by atoms with Gasteiger partial charge in [-0.2, -0.15) is 5.26 Å². The van der Waals surface area contributed by atoms with Crippen molar-refractivity contribution in [3.05, 3.63) is 11.6 Å². The fourth-order valence-corrected chi connectivity index (χ4v) is 8.61. The largest absolute Gasteiger partial charge is 0.458 e. The van der Waals surface area contributed by atoms with Crippen molar-refractivity contribution in [2.45, 2.75) is 82.0 Å². The summed E-state index contributed by atoms with van der Waals surface area (Å²) in [6, 6.07) is 2.06. The average molecular weight is 443 g/mol. The molecule has 1 heterocycles. The zero-order chi connectivity index (χ0) is 22.8. The van der Waals surface area contributed by atoms with E-state index in [-0.39, 0.29) is 35.7 Å². The Bertz CT molecular complexity index is 910. The van der Waals surface area contributed by atoms with Gasteiger partial charge in [-0.25, -0.2) is 4.79 Å². The number of hydrogen-bond acceptors (Lipinski definition) is 7.